The number of hydrogen-bond donors (Lipinski definition) is 0. The first-order valence-electron chi connectivity index (χ1n) is 9.06. The van der Waals surface area contributed by atoms with E-state index in [2.05, 4.69) is 0 Å². The van der Waals surface area contributed by atoms with Crippen LogP contribution in [-0.2, 0) is 9.53 Å². The van der Waals surface area contributed by atoms with Gasteiger partial charge in [-0.05, 0) is 11.1 Å². The first-order chi connectivity index (χ1) is 13.6. The Bertz CT molecular complexity index is 945. The van der Waals surface area contributed by atoms with Crippen LogP contribution in [-0.4, -0.2) is 24.1 Å². The molecule has 3 rings (SSSR count). The second kappa shape index (κ2) is 9.42. The van der Waals surface area contributed by atoms with E-state index in [-0.39, 0.29) is 31.0 Å². The molecule has 0 N–H and O–H groups in total. The first kappa shape index (κ1) is 19.2. The Morgan fingerprint density at radius 1 is 0.571 bits per heavy atom. The van der Waals surface area contributed by atoms with Crippen LogP contribution in [0.25, 0.3) is 11.1 Å². The highest BCUT2D eigenvalue weighted by Crippen LogP contribution is 2.19. The molecule has 0 heterocycles. The minimum atomic E-state index is -0.557. The molecule has 0 saturated heterocycles. The molecule has 0 aliphatic heterocycles. The predicted octanol–water partition coefficient (Wildman–Crippen LogP) is 4.74. The number of esters is 1. The maximum Gasteiger partial charge on any atom is 0.306 e. The molecule has 0 fully saturated rings. The smallest absolute Gasteiger partial charge is 0.306 e. The molecule has 0 spiro atoms. The van der Waals surface area contributed by atoms with Crippen LogP contribution in [0.5, 0.6) is 0 Å². The predicted molar refractivity (Wildman–Crippen MR) is 107 cm³/mol. The van der Waals surface area contributed by atoms with Crippen molar-refractivity contribution in [3.05, 3.63) is 96.1 Å². The van der Waals surface area contributed by atoms with Crippen LogP contribution in [0.1, 0.15) is 33.6 Å². The van der Waals surface area contributed by atoms with Crippen molar-refractivity contribution in [3.63, 3.8) is 0 Å². The number of carbonyl (C=O) groups is 3. The normalized spacial score (nSPS) is 10.3. The van der Waals surface area contributed by atoms with Gasteiger partial charge in [0, 0.05) is 17.5 Å². The standard InChI is InChI=1S/C24H20O4/c25-22(20-9-5-2-6-10-20)15-16-24(27)28-17-23(26)21-13-11-19(12-14-21)18-7-3-1-4-8-18/h1-14H,15-17H2. The number of rotatable bonds is 8. The average molecular weight is 372 g/mol. The molecule has 0 aromatic heterocycles. The van der Waals surface area contributed by atoms with Gasteiger partial charge in [0.15, 0.2) is 18.2 Å². The number of hydrogen-bond acceptors (Lipinski definition) is 4. The van der Waals surface area contributed by atoms with Crippen molar-refractivity contribution < 1.29 is 19.1 Å². The number of ketones is 2. The van der Waals surface area contributed by atoms with Crippen LogP contribution >= 0.6 is 0 Å². The molecule has 0 atom stereocenters. The number of carbonyl (C=O) groups excluding carboxylic acids is 3. The van der Waals surface area contributed by atoms with Gasteiger partial charge in [0.05, 0.1) is 6.42 Å². The lowest BCUT2D eigenvalue weighted by Crippen LogP contribution is -2.15. The third kappa shape index (κ3) is 5.24. The summed E-state index contributed by atoms with van der Waals surface area (Å²) in [6.07, 6.45) is 0.0107. The van der Waals surface area contributed by atoms with Gasteiger partial charge < -0.3 is 4.74 Å². The summed E-state index contributed by atoms with van der Waals surface area (Å²) in [5.41, 5.74) is 3.11. The summed E-state index contributed by atoms with van der Waals surface area (Å²) >= 11 is 0. The summed E-state index contributed by atoms with van der Waals surface area (Å²) in [7, 11) is 0. The lowest BCUT2D eigenvalue weighted by atomic mass is 10.0. The van der Waals surface area contributed by atoms with Crippen LogP contribution < -0.4 is 0 Å². The van der Waals surface area contributed by atoms with E-state index in [4.69, 9.17) is 4.74 Å². The van der Waals surface area contributed by atoms with Crippen molar-refractivity contribution in [2.45, 2.75) is 12.8 Å². The number of ether oxygens (including phenoxy) is 1. The van der Waals surface area contributed by atoms with Crippen LogP contribution in [0.15, 0.2) is 84.9 Å². The Kier molecular flexibility index (Phi) is 6.47. The Labute approximate surface area is 163 Å². The third-order valence-corrected chi connectivity index (χ3v) is 4.33. The van der Waals surface area contributed by atoms with Gasteiger partial charge in [-0.15, -0.1) is 0 Å². The minimum Gasteiger partial charge on any atom is -0.457 e. The summed E-state index contributed by atoms with van der Waals surface area (Å²) in [5.74, 6) is -0.957. The van der Waals surface area contributed by atoms with E-state index in [1.54, 1.807) is 36.4 Å². The molecule has 0 aliphatic carbocycles. The Hall–Kier alpha value is -3.53. The fourth-order valence-electron chi connectivity index (χ4n) is 2.76. The fraction of sp³-hybridized carbons (Fsp3) is 0.125. The van der Waals surface area contributed by atoms with Gasteiger partial charge in [0.1, 0.15) is 0 Å². The van der Waals surface area contributed by atoms with Gasteiger partial charge in [0.25, 0.3) is 0 Å². The molecule has 3 aromatic carbocycles. The zero-order chi connectivity index (χ0) is 19.8. The summed E-state index contributed by atoms with van der Waals surface area (Å²) in [6.45, 7) is -0.330. The summed E-state index contributed by atoms with van der Waals surface area (Å²) in [5, 5.41) is 0. The Morgan fingerprint density at radius 2 is 1.11 bits per heavy atom. The molecule has 28 heavy (non-hydrogen) atoms. The molecular weight excluding hydrogens is 352 g/mol. The van der Waals surface area contributed by atoms with Crippen LogP contribution in [0.4, 0.5) is 0 Å². The van der Waals surface area contributed by atoms with Gasteiger partial charge in [-0.1, -0.05) is 84.9 Å². The average Bonchev–Trinajstić information content (AvgIpc) is 2.77. The van der Waals surface area contributed by atoms with E-state index in [1.807, 2.05) is 48.5 Å². The Morgan fingerprint density at radius 3 is 1.75 bits per heavy atom. The van der Waals surface area contributed by atoms with E-state index in [0.29, 0.717) is 11.1 Å². The van der Waals surface area contributed by atoms with Crippen molar-refractivity contribution in [3.8, 4) is 11.1 Å². The minimum absolute atomic E-state index is 0.0477. The largest absolute Gasteiger partial charge is 0.457 e. The SMILES string of the molecule is O=C(CCC(=O)c1ccccc1)OCC(=O)c1ccc(-c2ccccc2)cc1. The van der Waals surface area contributed by atoms with E-state index in [0.717, 1.165) is 11.1 Å². The van der Waals surface area contributed by atoms with Crippen molar-refractivity contribution in [1.82, 2.24) is 0 Å². The quantitative estimate of drug-likeness (QED) is 0.423. The summed E-state index contributed by atoms with van der Waals surface area (Å²) in [4.78, 5) is 36.0. The Balaban J connectivity index is 1.47. The molecule has 0 amide bonds. The lowest BCUT2D eigenvalue weighted by molar-refractivity contribution is -0.142. The topological polar surface area (TPSA) is 60.4 Å². The summed E-state index contributed by atoms with van der Waals surface area (Å²) < 4.78 is 5.02. The zero-order valence-electron chi connectivity index (χ0n) is 15.3. The fourth-order valence-corrected chi connectivity index (χ4v) is 2.76. The second-order valence-electron chi connectivity index (χ2n) is 6.32. The molecule has 0 bridgehead atoms. The monoisotopic (exact) mass is 372 g/mol. The first-order valence-corrected chi connectivity index (χ1v) is 9.06. The molecule has 0 radical (unpaired) electrons. The van der Waals surface area contributed by atoms with E-state index in [1.165, 1.54) is 0 Å². The molecule has 0 aliphatic rings. The maximum atomic E-state index is 12.2. The lowest BCUT2D eigenvalue weighted by Gasteiger charge is -2.06. The van der Waals surface area contributed by atoms with Crippen molar-refractivity contribution in [2.24, 2.45) is 0 Å². The molecule has 140 valence electrons. The number of benzene rings is 3. The molecule has 4 nitrogen and oxygen atoms in total. The van der Waals surface area contributed by atoms with Crippen molar-refractivity contribution in [1.29, 1.82) is 0 Å². The van der Waals surface area contributed by atoms with Gasteiger partial charge in [-0.3, -0.25) is 14.4 Å². The number of Topliss-reactive ketones (excluding diaryl/α,β-unsaturated/α-hetero) is 2. The highest BCUT2D eigenvalue weighted by atomic mass is 16.5. The molecular formula is C24H20O4. The molecule has 4 heteroatoms. The highest BCUT2D eigenvalue weighted by Gasteiger charge is 2.13. The van der Waals surface area contributed by atoms with Crippen LogP contribution in [0.2, 0.25) is 0 Å². The van der Waals surface area contributed by atoms with E-state index >= 15 is 0 Å². The summed E-state index contributed by atoms with van der Waals surface area (Å²) in [6, 6.07) is 25.8. The molecule has 3 aromatic rings. The maximum absolute atomic E-state index is 12.2. The van der Waals surface area contributed by atoms with Crippen molar-refractivity contribution >= 4 is 17.5 Å². The zero-order valence-corrected chi connectivity index (χ0v) is 15.3. The second-order valence-corrected chi connectivity index (χ2v) is 6.32. The van der Waals surface area contributed by atoms with Gasteiger partial charge >= 0.3 is 5.97 Å². The molecule has 0 unspecified atom stereocenters. The van der Waals surface area contributed by atoms with Gasteiger partial charge in [0.2, 0.25) is 0 Å². The molecule has 0 saturated carbocycles. The van der Waals surface area contributed by atoms with Crippen LogP contribution in [0.3, 0.4) is 0 Å². The van der Waals surface area contributed by atoms with Gasteiger partial charge in [-0.2, -0.15) is 0 Å². The van der Waals surface area contributed by atoms with E-state index in [9.17, 15) is 14.4 Å². The van der Waals surface area contributed by atoms with Crippen molar-refractivity contribution in [2.75, 3.05) is 6.61 Å². The van der Waals surface area contributed by atoms with Gasteiger partial charge in [-0.25, -0.2) is 0 Å². The van der Waals surface area contributed by atoms with E-state index < -0.39 is 5.97 Å². The highest BCUT2D eigenvalue weighted by molar-refractivity contribution is 5.99. The van der Waals surface area contributed by atoms with Crippen LogP contribution in [0, 0.1) is 0 Å². The third-order valence-electron chi connectivity index (χ3n) is 4.33.